The van der Waals surface area contributed by atoms with Gasteiger partial charge in [0.1, 0.15) is 5.76 Å². The number of aromatic nitrogens is 2. The number of likely N-dealkylation sites (N-methyl/N-ethyl adjacent to an activating group) is 1. The molecule has 2 atom stereocenters. The lowest BCUT2D eigenvalue weighted by atomic mass is 10.1. The van der Waals surface area contributed by atoms with E-state index in [2.05, 4.69) is 15.2 Å². The van der Waals surface area contributed by atoms with Crippen LogP contribution >= 0.6 is 0 Å². The predicted octanol–water partition coefficient (Wildman–Crippen LogP) is 1.48. The molecule has 7 nitrogen and oxygen atoms in total. The number of rotatable bonds is 4. The molecule has 1 aliphatic rings. The highest BCUT2D eigenvalue weighted by molar-refractivity contribution is 5.82. The minimum Gasteiger partial charge on any atom is -0.456 e. The summed E-state index contributed by atoms with van der Waals surface area (Å²) in [7, 11) is 3.63. The van der Waals surface area contributed by atoms with Gasteiger partial charge in [-0.05, 0) is 30.7 Å². The Bertz CT molecular complexity index is 944. The SMILES string of the molecule is CNC(=O)[C@@H]1C[C@H](N)CN1Cc1ccc(-c2nc3ccccc3n2C)o1. The number of nitrogens with zero attached hydrogens (tertiary/aromatic N) is 3. The van der Waals surface area contributed by atoms with E-state index in [0.29, 0.717) is 19.5 Å². The third-order valence-electron chi connectivity index (χ3n) is 5.01. The lowest BCUT2D eigenvalue weighted by Gasteiger charge is -2.21. The summed E-state index contributed by atoms with van der Waals surface area (Å²) in [6.07, 6.45) is 0.665. The molecule has 0 bridgehead atoms. The maximum atomic E-state index is 12.1. The van der Waals surface area contributed by atoms with E-state index in [-0.39, 0.29) is 18.0 Å². The van der Waals surface area contributed by atoms with Gasteiger partial charge in [0.25, 0.3) is 0 Å². The van der Waals surface area contributed by atoms with Crippen LogP contribution in [0.4, 0.5) is 0 Å². The molecule has 26 heavy (non-hydrogen) atoms. The van der Waals surface area contributed by atoms with Crippen LogP contribution in [-0.4, -0.2) is 46.0 Å². The highest BCUT2D eigenvalue weighted by atomic mass is 16.3. The van der Waals surface area contributed by atoms with Crippen molar-refractivity contribution in [2.75, 3.05) is 13.6 Å². The topological polar surface area (TPSA) is 89.3 Å². The standard InChI is InChI=1S/C19H23N5O2/c1-21-19(25)16-9-12(20)10-24(16)11-13-7-8-17(26-13)18-22-14-5-3-4-6-15(14)23(18)2/h3-8,12,16H,9-11,20H2,1-2H3,(H,21,25)/t12-,16-/m0/s1. The van der Waals surface area contributed by atoms with Crippen molar-refractivity contribution in [3.8, 4) is 11.6 Å². The second-order valence-corrected chi connectivity index (χ2v) is 6.80. The highest BCUT2D eigenvalue weighted by Gasteiger charge is 2.35. The Hall–Kier alpha value is -2.64. The molecular formula is C19H23N5O2. The zero-order chi connectivity index (χ0) is 18.3. The summed E-state index contributed by atoms with van der Waals surface area (Å²) < 4.78 is 8.07. The van der Waals surface area contributed by atoms with E-state index in [1.54, 1.807) is 7.05 Å². The van der Waals surface area contributed by atoms with Crippen molar-refractivity contribution in [1.29, 1.82) is 0 Å². The first-order valence-electron chi connectivity index (χ1n) is 8.78. The Morgan fingerprint density at radius 1 is 1.35 bits per heavy atom. The summed E-state index contributed by atoms with van der Waals surface area (Å²) in [4.78, 5) is 18.8. The third-order valence-corrected chi connectivity index (χ3v) is 5.01. The molecule has 1 aliphatic heterocycles. The van der Waals surface area contributed by atoms with E-state index in [0.717, 1.165) is 28.4 Å². The van der Waals surface area contributed by atoms with Crippen molar-refractivity contribution < 1.29 is 9.21 Å². The summed E-state index contributed by atoms with van der Waals surface area (Å²) in [6, 6.07) is 11.7. The van der Waals surface area contributed by atoms with Gasteiger partial charge in [-0.3, -0.25) is 9.69 Å². The summed E-state index contributed by atoms with van der Waals surface area (Å²) in [6.45, 7) is 1.23. The van der Waals surface area contributed by atoms with Gasteiger partial charge >= 0.3 is 0 Å². The van der Waals surface area contributed by atoms with Crippen molar-refractivity contribution >= 4 is 16.9 Å². The molecule has 1 fully saturated rings. The maximum absolute atomic E-state index is 12.1. The van der Waals surface area contributed by atoms with Gasteiger partial charge in [0.2, 0.25) is 5.91 Å². The average molecular weight is 353 g/mol. The number of para-hydroxylation sites is 2. The fraction of sp³-hybridized carbons (Fsp3) is 0.368. The summed E-state index contributed by atoms with van der Waals surface area (Å²) in [5.74, 6) is 2.31. The molecule has 136 valence electrons. The molecule has 0 saturated carbocycles. The van der Waals surface area contributed by atoms with E-state index < -0.39 is 0 Å². The minimum atomic E-state index is -0.209. The molecule has 0 unspecified atom stereocenters. The number of hydrogen-bond donors (Lipinski definition) is 2. The lowest BCUT2D eigenvalue weighted by Crippen LogP contribution is -2.41. The predicted molar refractivity (Wildman–Crippen MR) is 99.3 cm³/mol. The van der Waals surface area contributed by atoms with E-state index in [4.69, 9.17) is 10.2 Å². The second-order valence-electron chi connectivity index (χ2n) is 6.80. The van der Waals surface area contributed by atoms with Gasteiger partial charge in [0.15, 0.2) is 11.6 Å². The first-order chi connectivity index (χ1) is 12.6. The van der Waals surface area contributed by atoms with Crippen LogP contribution in [0.15, 0.2) is 40.8 Å². The van der Waals surface area contributed by atoms with E-state index in [1.807, 2.05) is 48.0 Å². The smallest absolute Gasteiger partial charge is 0.237 e. The molecule has 1 amide bonds. The van der Waals surface area contributed by atoms with Crippen molar-refractivity contribution in [1.82, 2.24) is 19.8 Å². The van der Waals surface area contributed by atoms with Crippen LogP contribution in [0.2, 0.25) is 0 Å². The quantitative estimate of drug-likeness (QED) is 0.742. The number of carbonyl (C=O) groups excluding carboxylic acids is 1. The Kier molecular flexibility index (Phi) is 4.26. The number of nitrogens with one attached hydrogen (secondary N) is 1. The van der Waals surface area contributed by atoms with Crippen LogP contribution in [-0.2, 0) is 18.4 Å². The van der Waals surface area contributed by atoms with Crippen molar-refractivity contribution in [2.45, 2.75) is 25.0 Å². The number of aryl methyl sites for hydroxylation is 1. The van der Waals surface area contributed by atoms with Crippen LogP contribution in [0.25, 0.3) is 22.6 Å². The van der Waals surface area contributed by atoms with Gasteiger partial charge in [-0.25, -0.2) is 4.98 Å². The first-order valence-corrected chi connectivity index (χ1v) is 8.78. The van der Waals surface area contributed by atoms with Gasteiger partial charge in [-0.1, -0.05) is 12.1 Å². The largest absolute Gasteiger partial charge is 0.456 e. The molecular weight excluding hydrogens is 330 g/mol. The number of fused-ring (bicyclic) bond motifs is 1. The fourth-order valence-corrected chi connectivity index (χ4v) is 3.70. The molecule has 0 spiro atoms. The zero-order valence-corrected chi connectivity index (χ0v) is 15.0. The number of imidazole rings is 1. The summed E-state index contributed by atoms with van der Waals surface area (Å²) in [5, 5.41) is 2.72. The van der Waals surface area contributed by atoms with Crippen LogP contribution < -0.4 is 11.1 Å². The Morgan fingerprint density at radius 3 is 2.92 bits per heavy atom. The second kappa shape index (κ2) is 6.59. The van der Waals surface area contributed by atoms with Crippen LogP contribution in [0.5, 0.6) is 0 Å². The number of carbonyl (C=O) groups is 1. The van der Waals surface area contributed by atoms with Crippen LogP contribution in [0.3, 0.4) is 0 Å². The molecule has 2 aromatic heterocycles. The van der Waals surface area contributed by atoms with Crippen LogP contribution in [0, 0.1) is 0 Å². The van der Waals surface area contributed by atoms with E-state index in [1.165, 1.54) is 0 Å². The third kappa shape index (κ3) is 2.89. The van der Waals surface area contributed by atoms with Gasteiger partial charge in [-0.2, -0.15) is 0 Å². The van der Waals surface area contributed by atoms with Gasteiger partial charge < -0.3 is 20.0 Å². The number of furan rings is 1. The van der Waals surface area contributed by atoms with Gasteiger partial charge in [0.05, 0.1) is 23.6 Å². The Balaban J connectivity index is 1.58. The molecule has 0 radical (unpaired) electrons. The van der Waals surface area contributed by atoms with Crippen molar-refractivity contribution in [2.24, 2.45) is 12.8 Å². The number of likely N-dealkylation sites (tertiary alicyclic amines) is 1. The fourth-order valence-electron chi connectivity index (χ4n) is 3.70. The number of hydrogen-bond acceptors (Lipinski definition) is 5. The zero-order valence-electron chi connectivity index (χ0n) is 15.0. The Labute approximate surface area is 151 Å². The molecule has 0 aliphatic carbocycles. The van der Waals surface area contributed by atoms with E-state index >= 15 is 0 Å². The first kappa shape index (κ1) is 16.8. The number of nitrogens with two attached hydrogens (primary N) is 1. The van der Waals surface area contributed by atoms with Gasteiger partial charge in [-0.15, -0.1) is 0 Å². The Morgan fingerprint density at radius 2 is 2.15 bits per heavy atom. The molecule has 7 heteroatoms. The normalized spacial score (nSPS) is 20.7. The molecule has 4 rings (SSSR count). The molecule has 1 saturated heterocycles. The highest BCUT2D eigenvalue weighted by Crippen LogP contribution is 2.27. The number of benzene rings is 1. The molecule has 1 aromatic carbocycles. The van der Waals surface area contributed by atoms with Crippen molar-refractivity contribution in [3.63, 3.8) is 0 Å². The summed E-state index contributed by atoms with van der Waals surface area (Å²) >= 11 is 0. The van der Waals surface area contributed by atoms with Crippen molar-refractivity contribution in [3.05, 3.63) is 42.2 Å². The monoisotopic (exact) mass is 353 g/mol. The minimum absolute atomic E-state index is 0.0000745. The molecule has 3 N–H and O–H groups in total. The van der Waals surface area contributed by atoms with Crippen LogP contribution in [0.1, 0.15) is 12.2 Å². The molecule has 3 aromatic rings. The summed E-state index contributed by atoms with van der Waals surface area (Å²) in [5.41, 5.74) is 8.05. The molecule has 3 heterocycles. The maximum Gasteiger partial charge on any atom is 0.237 e. The lowest BCUT2D eigenvalue weighted by molar-refractivity contribution is -0.125. The average Bonchev–Trinajstić information content (AvgIpc) is 3.33. The van der Waals surface area contributed by atoms with E-state index in [9.17, 15) is 4.79 Å². The van der Waals surface area contributed by atoms with Gasteiger partial charge in [0, 0.05) is 26.7 Å². The number of amides is 1.